The highest BCUT2D eigenvalue weighted by atomic mass is 79.9. The van der Waals surface area contributed by atoms with E-state index in [9.17, 15) is 9.18 Å². The first-order valence-electron chi connectivity index (χ1n) is 5.03. The number of carbonyl (C=O) groups is 1. The molecule has 0 aliphatic carbocycles. The SMILES string of the molecule is CC(C)C(=O)C(Br)Cc1ccc(F)cc1Br. The molecule has 1 atom stereocenters. The summed E-state index contributed by atoms with van der Waals surface area (Å²) in [5, 5.41) is 0. The highest BCUT2D eigenvalue weighted by Crippen LogP contribution is 2.22. The van der Waals surface area contributed by atoms with E-state index in [4.69, 9.17) is 0 Å². The predicted molar refractivity (Wildman–Crippen MR) is 70.4 cm³/mol. The second kappa shape index (κ2) is 5.92. The second-order valence-electron chi connectivity index (χ2n) is 3.96. The maximum atomic E-state index is 12.9. The molecule has 0 heterocycles. The molecule has 0 fully saturated rings. The molecule has 16 heavy (non-hydrogen) atoms. The van der Waals surface area contributed by atoms with Crippen LogP contribution in [-0.2, 0) is 11.2 Å². The minimum atomic E-state index is -0.281. The van der Waals surface area contributed by atoms with Crippen LogP contribution in [-0.4, -0.2) is 10.6 Å². The second-order valence-corrected chi connectivity index (χ2v) is 5.92. The first-order valence-corrected chi connectivity index (χ1v) is 6.74. The van der Waals surface area contributed by atoms with Gasteiger partial charge in [0.05, 0.1) is 4.83 Å². The third-order valence-electron chi connectivity index (χ3n) is 2.29. The van der Waals surface area contributed by atoms with Crippen LogP contribution in [0.15, 0.2) is 22.7 Å². The minimum Gasteiger partial charge on any atom is -0.298 e. The summed E-state index contributed by atoms with van der Waals surface area (Å²) in [5.41, 5.74) is 0.928. The first kappa shape index (κ1) is 13.8. The van der Waals surface area contributed by atoms with Gasteiger partial charge in [0.1, 0.15) is 11.6 Å². The van der Waals surface area contributed by atoms with Gasteiger partial charge in [-0.05, 0) is 24.1 Å². The van der Waals surface area contributed by atoms with Gasteiger partial charge >= 0.3 is 0 Å². The summed E-state index contributed by atoms with van der Waals surface area (Å²) < 4.78 is 13.6. The lowest BCUT2D eigenvalue weighted by Crippen LogP contribution is -2.21. The van der Waals surface area contributed by atoms with Gasteiger partial charge in [0.15, 0.2) is 0 Å². The van der Waals surface area contributed by atoms with Crippen molar-refractivity contribution in [1.82, 2.24) is 0 Å². The maximum absolute atomic E-state index is 12.9. The molecule has 1 aromatic rings. The molecular formula is C12H13Br2FO. The van der Waals surface area contributed by atoms with Gasteiger partial charge in [-0.15, -0.1) is 0 Å². The van der Waals surface area contributed by atoms with E-state index in [0.717, 1.165) is 5.56 Å². The van der Waals surface area contributed by atoms with Crippen molar-refractivity contribution in [2.75, 3.05) is 0 Å². The number of Topliss-reactive ketones (excluding diaryl/α,β-unsaturated/α-hetero) is 1. The lowest BCUT2D eigenvalue weighted by Gasteiger charge is -2.12. The van der Waals surface area contributed by atoms with Crippen LogP contribution >= 0.6 is 31.9 Å². The molecule has 0 aliphatic heterocycles. The summed E-state index contributed by atoms with van der Waals surface area (Å²) in [5.74, 6) is -0.114. The summed E-state index contributed by atoms with van der Waals surface area (Å²) in [4.78, 5) is 11.5. The lowest BCUT2D eigenvalue weighted by molar-refractivity contribution is -0.121. The van der Waals surface area contributed by atoms with Gasteiger partial charge in [-0.25, -0.2) is 4.39 Å². The fourth-order valence-electron chi connectivity index (χ4n) is 1.34. The Kier molecular flexibility index (Phi) is 5.12. The fourth-order valence-corrected chi connectivity index (χ4v) is 2.73. The van der Waals surface area contributed by atoms with Crippen LogP contribution in [0.1, 0.15) is 19.4 Å². The Morgan fingerprint density at radius 2 is 2.06 bits per heavy atom. The highest BCUT2D eigenvalue weighted by Gasteiger charge is 2.19. The number of benzene rings is 1. The van der Waals surface area contributed by atoms with Crippen molar-refractivity contribution >= 4 is 37.6 Å². The van der Waals surface area contributed by atoms with Crippen molar-refractivity contribution < 1.29 is 9.18 Å². The number of alkyl halides is 1. The summed E-state index contributed by atoms with van der Waals surface area (Å²) in [6, 6.07) is 4.51. The van der Waals surface area contributed by atoms with E-state index in [0.29, 0.717) is 10.9 Å². The Morgan fingerprint density at radius 3 is 2.56 bits per heavy atom. The molecule has 88 valence electrons. The third kappa shape index (κ3) is 3.67. The van der Waals surface area contributed by atoms with E-state index in [2.05, 4.69) is 31.9 Å². The Balaban J connectivity index is 2.77. The van der Waals surface area contributed by atoms with E-state index in [1.54, 1.807) is 6.07 Å². The largest absolute Gasteiger partial charge is 0.298 e. The van der Waals surface area contributed by atoms with E-state index < -0.39 is 0 Å². The summed E-state index contributed by atoms with van der Waals surface area (Å²) in [6.45, 7) is 3.74. The number of rotatable bonds is 4. The Morgan fingerprint density at radius 1 is 1.44 bits per heavy atom. The number of carbonyl (C=O) groups excluding carboxylic acids is 1. The topological polar surface area (TPSA) is 17.1 Å². The quantitative estimate of drug-likeness (QED) is 0.746. The number of halogens is 3. The van der Waals surface area contributed by atoms with E-state index in [1.165, 1.54) is 12.1 Å². The predicted octanol–water partition coefficient (Wildman–Crippen LogP) is 4.12. The molecule has 0 amide bonds. The molecule has 0 saturated heterocycles. The van der Waals surface area contributed by atoms with Crippen LogP contribution < -0.4 is 0 Å². The van der Waals surface area contributed by atoms with E-state index >= 15 is 0 Å². The molecule has 4 heteroatoms. The zero-order valence-corrected chi connectivity index (χ0v) is 12.3. The highest BCUT2D eigenvalue weighted by molar-refractivity contribution is 9.10. The van der Waals surface area contributed by atoms with Gasteiger partial charge in [-0.1, -0.05) is 51.8 Å². The van der Waals surface area contributed by atoms with Crippen LogP contribution in [0.5, 0.6) is 0 Å². The van der Waals surface area contributed by atoms with Crippen molar-refractivity contribution in [3.8, 4) is 0 Å². The van der Waals surface area contributed by atoms with Crippen LogP contribution in [0, 0.1) is 11.7 Å². The van der Waals surface area contributed by atoms with Crippen molar-refractivity contribution in [2.45, 2.75) is 25.1 Å². The van der Waals surface area contributed by atoms with Gasteiger partial charge in [-0.2, -0.15) is 0 Å². The molecule has 1 aromatic carbocycles. The average molecular weight is 352 g/mol. The van der Waals surface area contributed by atoms with Gasteiger partial charge < -0.3 is 0 Å². The standard InChI is InChI=1S/C12H13Br2FO/c1-7(2)12(16)11(14)5-8-3-4-9(15)6-10(8)13/h3-4,6-7,11H,5H2,1-2H3. The Labute approximate surface area is 112 Å². The molecule has 0 spiro atoms. The Hall–Kier alpha value is -0.220. The summed E-state index contributed by atoms with van der Waals surface area (Å²) in [6.07, 6.45) is 0.567. The zero-order valence-electron chi connectivity index (χ0n) is 9.14. The van der Waals surface area contributed by atoms with Crippen molar-refractivity contribution in [3.63, 3.8) is 0 Å². The average Bonchev–Trinajstić information content (AvgIpc) is 2.20. The molecule has 0 aromatic heterocycles. The smallest absolute Gasteiger partial charge is 0.149 e. The molecule has 1 unspecified atom stereocenters. The molecule has 0 aliphatic rings. The van der Waals surface area contributed by atoms with Crippen LogP contribution in [0.25, 0.3) is 0 Å². The maximum Gasteiger partial charge on any atom is 0.149 e. The summed E-state index contributed by atoms with van der Waals surface area (Å²) >= 11 is 6.66. The number of hydrogen-bond acceptors (Lipinski definition) is 1. The molecule has 0 radical (unpaired) electrons. The number of hydrogen-bond donors (Lipinski definition) is 0. The minimum absolute atomic E-state index is 0.00333. The first-order chi connectivity index (χ1) is 7.41. The number of ketones is 1. The molecule has 1 rings (SSSR count). The van der Waals surface area contributed by atoms with Crippen LogP contribution in [0.3, 0.4) is 0 Å². The van der Waals surface area contributed by atoms with Crippen molar-refractivity contribution in [3.05, 3.63) is 34.1 Å². The van der Waals surface area contributed by atoms with Crippen LogP contribution in [0.2, 0.25) is 0 Å². The van der Waals surface area contributed by atoms with Gasteiger partial charge in [0.25, 0.3) is 0 Å². The van der Waals surface area contributed by atoms with Gasteiger partial charge in [0, 0.05) is 10.4 Å². The molecule has 0 bridgehead atoms. The third-order valence-corrected chi connectivity index (χ3v) is 3.81. The fraction of sp³-hybridized carbons (Fsp3) is 0.417. The van der Waals surface area contributed by atoms with Crippen LogP contribution in [0.4, 0.5) is 4.39 Å². The van der Waals surface area contributed by atoms with Gasteiger partial charge in [-0.3, -0.25) is 4.79 Å². The lowest BCUT2D eigenvalue weighted by atomic mass is 10.0. The Bertz CT molecular complexity index is 391. The van der Waals surface area contributed by atoms with E-state index in [1.807, 2.05) is 13.8 Å². The zero-order chi connectivity index (χ0) is 12.3. The molecule has 0 N–H and O–H groups in total. The molecular weight excluding hydrogens is 339 g/mol. The molecule has 1 nitrogen and oxygen atoms in total. The van der Waals surface area contributed by atoms with E-state index in [-0.39, 0.29) is 22.3 Å². The monoisotopic (exact) mass is 350 g/mol. The normalized spacial score (nSPS) is 12.9. The molecule has 0 saturated carbocycles. The van der Waals surface area contributed by atoms with Crippen molar-refractivity contribution in [2.24, 2.45) is 5.92 Å². The summed E-state index contributed by atoms with van der Waals surface area (Å²) in [7, 11) is 0. The van der Waals surface area contributed by atoms with Gasteiger partial charge in [0.2, 0.25) is 0 Å². The van der Waals surface area contributed by atoms with Crippen molar-refractivity contribution in [1.29, 1.82) is 0 Å².